The molecule has 1 aliphatic heterocycles. The number of aliphatic hydroxyl groups is 1. The summed E-state index contributed by atoms with van der Waals surface area (Å²) in [5.74, 6) is 0.835. The van der Waals surface area contributed by atoms with Gasteiger partial charge in [-0.05, 0) is 49.8 Å². The van der Waals surface area contributed by atoms with E-state index in [2.05, 4.69) is 17.9 Å². The van der Waals surface area contributed by atoms with Crippen LogP contribution in [-0.4, -0.2) is 28.6 Å². The molecule has 0 bridgehead atoms. The lowest BCUT2D eigenvalue weighted by Crippen LogP contribution is -2.40. The van der Waals surface area contributed by atoms with Crippen molar-refractivity contribution in [3.05, 3.63) is 35.4 Å². The van der Waals surface area contributed by atoms with Gasteiger partial charge in [0, 0.05) is 18.6 Å². The van der Waals surface area contributed by atoms with Crippen LogP contribution in [0.2, 0.25) is 0 Å². The molecule has 0 spiro atoms. The first-order valence-electron chi connectivity index (χ1n) is 8.13. The Labute approximate surface area is 127 Å². The number of benzene rings is 1. The minimum absolute atomic E-state index is 0.458. The highest BCUT2D eigenvalue weighted by atomic mass is 16.3. The lowest BCUT2D eigenvalue weighted by Gasteiger charge is -2.34. The second kappa shape index (κ2) is 6.17. The van der Waals surface area contributed by atoms with Crippen molar-refractivity contribution in [2.75, 3.05) is 6.54 Å². The third kappa shape index (κ3) is 2.97. The van der Waals surface area contributed by atoms with Gasteiger partial charge >= 0.3 is 0 Å². The average molecular weight is 284 g/mol. The van der Waals surface area contributed by atoms with E-state index >= 15 is 0 Å². The maximum atomic E-state index is 10.5. The monoisotopic (exact) mass is 284 g/mol. The normalized spacial score (nSPS) is 30.6. The molecular formula is C18H24N2O. The highest BCUT2D eigenvalue weighted by Gasteiger charge is 2.40. The number of likely N-dealkylation sites (tertiary alicyclic amines) is 1. The second-order valence-corrected chi connectivity index (χ2v) is 6.64. The highest BCUT2D eigenvalue weighted by molar-refractivity contribution is 5.32. The maximum Gasteiger partial charge on any atom is 0.0991 e. The Morgan fingerprint density at radius 1 is 1.29 bits per heavy atom. The number of nitrogens with zero attached hydrogens (tertiary/aromatic N) is 2. The molecule has 1 saturated heterocycles. The third-order valence-corrected chi connectivity index (χ3v) is 5.31. The van der Waals surface area contributed by atoms with E-state index in [0.717, 1.165) is 11.5 Å². The summed E-state index contributed by atoms with van der Waals surface area (Å²) in [6.45, 7) is 3.01. The molecule has 1 aromatic rings. The van der Waals surface area contributed by atoms with Crippen LogP contribution in [0.25, 0.3) is 0 Å². The molecule has 2 fully saturated rings. The van der Waals surface area contributed by atoms with Crippen LogP contribution >= 0.6 is 0 Å². The standard InChI is InChI=1S/C18H24N2O/c1-13-10-16-4-2-3-5-17(16)20(13)12-18(21)15-8-6-14(11-19)7-9-15/h6-9,13,16-18,21H,2-5,10,12H2,1H3. The van der Waals surface area contributed by atoms with Gasteiger partial charge in [0.25, 0.3) is 0 Å². The molecule has 4 unspecified atom stereocenters. The molecule has 3 rings (SSSR count). The van der Waals surface area contributed by atoms with Gasteiger partial charge in [0.1, 0.15) is 0 Å². The summed E-state index contributed by atoms with van der Waals surface area (Å²) in [5, 5.41) is 19.4. The zero-order valence-electron chi connectivity index (χ0n) is 12.7. The molecular weight excluding hydrogens is 260 g/mol. The molecule has 2 aliphatic rings. The molecule has 1 aliphatic carbocycles. The van der Waals surface area contributed by atoms with E-state index in [4.69, 9.17) is 5.26 Å². The summed E-state index contributed by atoms with van der Waals surface area (Å²) in [4.78, 5) is 2.52. The molecule has 21 heavy (non-hydrogen) atoms. The number of rotatable bonds is 3. The van der Waals surface area contributed by atoms with Gasteiger partial charge in [-0.3, -0.25) is 4.90 Å². The summed E-state index contributed by atoms with van der Waals surface area (Å²) in [7, 11) is 0. The van der Waals surface area contributed by atoms with E-state index in [1.54, 1.807) is 12.1 Å². The van der Waals surface area contributed by atoms with E-state index in [1.807, 2.05) is 12.1 Å². The molecule has 1 N–H and O–H groups in total. The van der Waals surface area contributed by atoms with Crippen LogP contribution in [0.3, 0.4) is 0 Å². The minimum Gasteiger partial charge on any atom is -0.387 e. The predicted molar refractivity (Wildman–Crippen MR) is 82.6 cm³/mol. The van der Waals surface area contributed by atoms with Crippen LogP contribution in [0.4, 0.5) is 0 Å². The number of β-amino-alcohol motifs (C(OH)–C–C–N with tert-alkyl or cyclic N) is 1. The number of fused-ring (bicyclic) bond motifs is 1. The molecule has 112 valence electrons. The average Bonchev–Trinajstić information content (AvgIpc) is 2.83. The fourth-order valence-corrected chi connectivity index (χ4v) is 4.20. The first kappa shape index (κ1) is 14.6. The Bertz CT molecular complexity index is 519. The molecule has 1 heterocycles. The van der Waals surface area contributed by atoms with Crippen molar-refractivity contribution in [1.29, 1.82) is 5.26 Å². The van der Waals surface area contributed by atoms with Crippen molar-refractivity contribution in [3.8, 4) is 6.07 Å². The molecule has 0 amide bonds. The summed E-state index contributed by atoms with van der Waals surface area (Å²) >= 11 is 0. The fraction of sp³-hybridized carbons (Fsp3) is 0.611. The zero-order valence-corrected chi connectivity index (χ0v) is 12.7. The summed E-state index contributed by atoms with van der Waals surface area (Å²) in [6, 6.07) is 10.7. The van der Waals surface area contributed by atoms with E-state index in [-0.39, 0.29) is 0 Å². The quantitative estimate of drug-likeness (QED) is 0.927. The van der Waals surface area contributed by atoms with Crippen molar-refractivity contribution >= 4 is 0 Å². The molecule has 0 aromatic heterocycles. The Balaban J connectivity index is 1.68. The zero-order chi connectivity index (χ0) is 14.8. The molecule has 1 saturated carbocycles. The summed E-state index contributed by atoms with van der Waals surface area (Å²) in [6.07, 6.45) is 6.18. The minimum atomic E-state index is -0.458. The Morgan fingerprint density at radius 2 is 2.00 bits per heavy atom. The SMILES string of the molecule is CC1CC2CCCCC2N1CC(O)c1ccc(C#N)cc1. The topological polar surface area (TPSA) is 47.3 Å². The summed E-state index contributed by atoms with van der Waals surface area (Å²) < 4.78 is 0. The van der Waals surface area contributed by atoms with Crippen molar-refractivity contribution in [3.63, 3.8) is 0 Å². The van der Waals surface area contributed by atoms with Crippen LogP contribution in [0, 0.1) is 17.2 Å². The maximum absolute atomic E-state index is 10.5. The largest absolute Gasteiger partial charge is 0.387 e. The Kier molecular flexibility index (Phi) is 4.28. The van der Waals surface area contributed by atoms with E-state index < -0.39 is 6.10 Å². The van der Waals surface area contributed by atoms with Crippen molar-refractivity contribution in [2.45, 2.75) is 57.2 Å². The molecule has 1 aromatic carbocycles. The fourth-order valence-electron chi connectivity index (χ4n) is 4.20. The molecule has 4 atom stereocenters. The van der Waals surface area contributed by atoms with Gasteiger partial charge in [0.05, 0.1) is 17.7 Å². The molecule has 3 heteroatoms. The first-order chi connectivity index (χ1) is 10.2. The Hall–Kier alpha value is -1.37. The van der Waals surface area contributed by atoms with Crippen LogP contribution in [0.5, 0.6) is 0 Å². The van der Waals surface area contributed by atoms with Gasteiger partial charge in [-0.25, -0.2) is 0 Å². The highest BCUT2D eigenvalue weighted by Crippen LogP contribution is 2.40. The number of hydrogen-bond donors (Lipinski definition) is 1. The van der Waals surface area contributed by atoms with Gasteiger partial charge < -0.3 is 5.11 Å². The predicted octanol–water partition coefficient (Wildman–Crippen LogP) is 3.24. The van der Waals surface area contributed by atoms with Crippen LogP contribution in [0.15, 0.2) is 24.3 Å². The van der Waals surface area contributed by atoms with E-state index in [1.165, 1.54) is 32.1 Å². The number of hydrogen-bond acceptors (Lipinski definition) is 3. The summed E-state index contributed by atoms with van der Waals surface area (Å²) in [5.41, 5.74) is 1.56. The first-order valence-corrected chi connectivity index (χ1v) is 8.13. The molecule has 0 radical (unpaired) electrons. The van der Waals surface area contributed by atoms with Gasteiger partial charge in [-0.2, -0.15) is 5.26 Å². The van der Waals surface area contributed by atoms with Gasteiger partial charge in [-0.15, -0.1) is 0 Å². The second-order valence-electron chi connectivity index (χ2n) is 6.64. The number of aliphatic hydroxyl groups excluding tert-OH is 1. The molecule has 3 nitrogen and oxygen atoms in total. The van der Waals surface area contributed by atoms with Gasteiger partial charge in [0.2, 0.25) is 0 Å². The van der Waals surface area contributed by atoms with Crippen LogP contribution in [-0.2, 0) is 0 Å². The Morgan fingerprint density at radius 3 is 2.71 bits per heavy atom. The van der Waals surface area contributed by atoms with Gasteiger partial charge in [0.15, 0.2) is 0 Å². The van der Waals surface area contributed by atoms with Crippen molar-refractivity contribution in [2.24, 2.45) is 5.92 Å². The van der Waals surface area contributed by atoms with Crippen molar-refractivity contribution < 1.29 is 5.11 Å². The smallest absolute Gasteiger partial charge is 0.0991 e. The van der Waals surface area contributed by atoms with Gasteiger partial charge in [-0.1, -0.05) is 25.0 Å². The number of nitriles is 1. The third-order valence-electron chi connectivity index (χ3n) is 5.31. The lowest BCUT2D eigenvalue weighted by atomic mass is 9.85. The van der Waals surface area contributed by atoms with Crippen LogP contribution in [0.1, 0.15) is 56.3 Å². The van der Waals surface area contributed by atoms with Crippen molar-refractivity contribution in [1.82, 2.24) is 4.90 Å². The lowest BCUT2D eigenvalue weighted by molar-refractivity contribution is 0.0726. The van der Waals surface area contributed by atoms with E-state index in [9.17, 15) is 5.11 Å². The van der Waals surface area contributed by atoms with Crippen LogP contribution < -0.4 is 0 Å². The van der Waals surface area contributed by atoms with E-state index in [0.29, 0.717) is 24.2 Å².